The number of hydrogen-bond donors (Lipinski definition) is 1. The molecule has 0 aliphatic rings. The molecule has 3 nitrogen and oxygen atoms in total. The molecule has 1 atom stereocenters. The summed E-state index contributed by atoms with van der Waals surface area (Å²) in [6, 6.07) is 9.34. The SMILES string of the molecule is CNCc1cc(F)cnc1N(C)C(C)c1ccc(Cl)cc1. The summed E-state index contributed by atoms with van der Waals surface area (Å²) in [6.45, 7) is 2.65. The molecule has 1 heterocycles. The Bertz CT molecular complexity index is 601. The summed E-state index contributed by atoms with van der Waals surface area (Å²) in [5.74, 6) is 0.449. The fourth-order valence-corrected chi connectivity index (χ4v) is 2.39. The maximum absolute atomic E-state index is 13.4. The summed E-state index contributed by atoms with van der Waals surface area (Å²) >= 11 is 5.92. The highest BCUT2D eigenvalue weighted by Gasteiger charge is 2.17. The Labute approximate surface area is 129 Å². The number of nitrogens with zero attached hydrogens (tertiary/aromatic N) is 2. The van der Waals surface area contributed by atoms with Crippen molar-refractivity contribution in [1.82, 2.24) is 10.3 Å². The Kier molecular flexibility index (Phi) is 5.15. The van der Waals surface area contributed by atoms with Gasteiger partial charge in [-0.25, -0.2) is 9.37 Å². The minimum atomic E-state index is -0.323. The van der Waals surface area contributed by atoms with Gasteiger partial charge in [-0.1, -0.05) is 23.7 Å². The summed E-state index contributed by atoms with van der Waals surface area (Å²) in [7, 11) is 3.79. The van der Waals surface area contributed by atoms with E-state index in [4.69, 9.17) is 11.6 Å². The van der Waals surface area contributed by atoms with Gasteiger partial charge in [0.2, 0.25) is 0 Å². The lowest BCUT2D eigenvalue weighted by molar-refractivity contribution is 0.613. The molecule has 0 amide bonds. The molecular weight excluding hydrogens is 289 g/mol. The molecule has 0 aliphatic carbocycles. The predicted octanol–water partition coefficient (Wildman–Crippen LogP) is 3.79. The molecule has 0 aliphatic heterocycles. The lowest BCUT2D eigenvalue weighted by Gasteiger charge is -2.28. The Morgan fingerprint density at radius 3 is 2.62 bits per heavy atom. The number of anilines is 1. The van der Waals surface area contributed by atoms with Crippen LogP contribution >= 0.6 is 11.6 Å². The second-order valence-corrected chi connectivity index (χ2v) is 5.44. The molecule has 21 heavy (non-hydrogen) atoms. The third-order valence-electron chi connectivity index (χ3n) is 3.54. The summed E-state index contributed by atoms with van der Waals surface area (Å²) in [5.41, 5.74) is 1.96. The topological polar surface area (TPSA) is 28.2 Å². The van der Waals surface area contributed by atoms with Crippen LogP contribution < -0.4 is 10.2 Å². The molecule has 5 heteroatoms. The van der Waals surface area contributed by atoms with Crippen molar-refractivity contribution in [2.45, 2.75) is 19.5 Å². The van der Waals surface area contributed by atoms with Gasteiger partial charge in [-0.3, -0.25) is 0 Å². The van der Waals surface area contributed by atoms with Gasteiger partial charge in [0, 0.05) is 24.2 Å². The van der Waals surface area contributed by atoms with Crippen LogP contribution in [0.1, 0.15) is 24.1 Å². The molecule has 0 radical (unpaired) electrons. The molecule has 1 aromatic carbocycles. The summed E-state index contributed by atoms with van der Waals surface area (Å²) < 4.78 is 13.4. The van der Waals surface area contributed by atoms with E-state index in [0.29, 0.717) is 11.6 Å². The minimum Gasteiger partial charge on any atom is -0.353 e. The standard InChI is InChI=1S/C16H19ClFN3/c1-11(12-4-6-14(17)7-5-12)21(3)16-13(9-19-2)8-15(18)10-20-16/h4-8,10-11,19H,9H2,1-3H3. The van der Waals surface area contributed by atoms with Gasteiger partial charge in [0.1, 0.15) is 11.6 Å². The maximum atomic E-state index is 13.4. The van der Waals surface area contributed by atoms with E-state index in [1.54, 1.807) is 0 Å². The molecule has 0 saturated heterocycles. The number of rotatable bonds is 5. The molecule has 1 aromatic heterocycles. The Morgan fingerprint density at radius 2 is 2.00 bits per heavy atom. The molecule has 2 rings (SSSR count). The van der Waals surface area contributed by atoms with Gasteiger partial charge >= 0.3 is 0 Å². The molecule has 0 saturated carbocycles. The molecule has 1 N–H and O–H groups in total. The van der Waals surface area contributed by atoms with Crippen molar-refractivity contribution in [2.75, 3.05) is 19.0 Å². The van der Waals surface area contributed by atoms with E-state index in [1.807, 2.05) is 43.3 Å². The Hall–Kier alpha value is -1.65. The summed E-state index contributed by atoms with van der Waals surface area (Å²) in [4.78, 5) is 6.28. The highest BCUT2D eigenvalue weighted by Crippen LogP contribution is 2.27. The van der Waals surface area contributed by atoms with Crippen LogP contribution in [0.5, 0.6) is 0 Å². The van der Waals surface area contributed by atoms with Gasteiger partial charge in [0.05, 0.1) is 12.2 Å². The number of hydrogen-bond acceptors (Lipinski definition) is 3. The molecule has 2 aromatic rings. The number of halogens is 2. The zero-order valence-corrected chi connectivity index (χ0v) is 13.2. The maximum Gasteiger partial charge on any atom is 0.141 e. The van der Waals surface area contributed by atoms with Crippen LogP contribution in [0.25, 0.3) is 0 Å². The van der Waals surface area contributed by atoms with E-state index < -0.39 is 0 Å². The first-order valence-electron chi connectivity index (χ1n) is 6.80. The van der Waals surface area contributed by atoms with Gasteiger partial charge in [0.25, 0.3) is 0 Å². The van der Waals surface area contributed by atoms with E-state index in [0.717, 1.165) is 16.9 Å². The first-order valence-corrected chi connectivity index (χ1v) is 7.18. The second-order valence-electron chi connectivity index (χ2n) is 5.01. The Morgan fingerprint density at radius 1 is 1.33 bits per heavy atom. The van der Waals surface area contributed by atoms with E-state index in [-0.39, 0.29) is 11.9 Å². The quantitative estimate of drug-likeness (QED) is 0.911. The number of pyridine rings is 1. The van der Waals surface area contributed by atoms with Crippen LogP contribution in [0.15, 0.2) is 36.5 Å². The third-order valence-corrected chi connectivity index (χ3v) is 3.80. The second kappa shape index (κ2) is 6.87. The van der Waals surface area contributed by atoms with Gasteiger partial charge in [0.15, 0.2) is 0 Å². The molecule has 112 valence electrons. The van der Waals surface area contributed by atoms with Crippen molar-refractivity contribution in [1.29, 1.82) is 0 Å². The smallest absolute Gasteiger partial charge is 0.141 e. The molecule has 0 bridgehead atoms. The average molecular weight is 308 g/mol. The van der Waals surface area contributed by atoms with Gasteiger partial charge in [-0.05, 0) is 37.7 Å². The number of aromatic nitrogens is 1. The van der Waals surface area contributed by atoms with Crippen LogP contribution in [0, 0.1) is 5.82 Å². The lowest BCUT2D eigenvalue weighted by Crippen LogP contribution is -2.25. The van der Waals surface area contributed by atoms with E-state index in [9.17, 15) is 4.39 Å². The first kappa shape index (κ1) is 15.7. The van der Waals surface area contributed by atoms with E-state index in [1.165, 1.54) is 12.3 Å². The fraction of sp³-hybridized carbons (Fsp3) is 0.312. The van der Waals surface area contributed by atoms with Gasteiger partial charge in [-0.2, -0.15) is 0 Å². The third kappa shape index (κ3) is 3.71. The predicted molar refractivity (Wildman–Crippen MR) is 85.2 cm³/mol. The number of benzene rings is 1. The molecule has 0 spiro atoms. The highest BCUT2D eigenvalue weighted by atomic mass is 35.5. The van der Waals surface area contributed by atoms with Gasteiger partial charge < -0.3 is 10.2 Å². The lowest BCUT2D eigenvalue weighted by atomic mass is 10.1. The van der Waals surface area contributed by atoms with Crippen molar-refractivity contribution in [2.24, 2.45) is 0 Å². The van der Waals surface area contributed by atoms with E-state index in [2.05, 4.69) is 17.2 Å². The monoisotopic (exact) mass is 307 g/mol. The normalized spacial score (nSPS) is 12.2. The Balaban J connectivity index is 2.30. The zero-order chi connectivity index (χ0) is 15.4. The summed E-state index contributed by atoms with van der Waals surface area (Å²) in [6.07, 6.45) is 1.25. The zero-order valence-electron chi connectivity index (χ0n) is 12.4. The first-order chi connectivity index (χ1) is 10.0. The van der Waals surface area contributed by atoms with Crippen LogP contribution in [0.3, 0.4) is 0 Å². The average Bonchev–Trinajstić information content (AvgIpc) is 2.47. The van der Waals surface area contributed by atoms with E-state index >= 15 is 0 Å². The molecule has 0 fully saturated rings. The fourth-order valence-electron chi connectivity index (χ4n) is 2.26. The van der Waals surface area contributed by atoms with Crippen LogP contribution in [-0.4, -0.2) is 19.1 Å². The van der Waals surface area contributed by atoms with Crippen molar-refractivity contribution in [3.63, 3.8) is 0 Å². The van der Waals surface area contributed by atoms with Crippen molar-refractivity contribution < 1.29 is 4.39 Å². The molecular formula is C16H19ClFN3. The van der Waals surface area contributed by atoms with Crippen LogP contribution in [-0.2, 0) is 6.54 Å². The minimum absolute atomic E-state index is 0.107. The van der Waals surface area contributed by atoms with Gasteiger partial charge in [-0.15, -0.1) is 0 Å². The van der Waals surface area contributed by atoms with Crippen molar-refractivity contribution in [3.05, 3.63) is 58.5 Å². The van der Waals surface area contributed by atoms with Crippen LogP contribution in [0.2, 0.25) is 5.02 Å². The number of nitrogens with one attached hydrogen (secondary N) is 1. The van der Waals surface area contributed by atoms with Crippen molar-refractivity contribution >= 4 is 17.4 Å². The largest absolute Gasteiger partial charge is 0.353 e. The molecule has 1 unspecified atom stereocenters. The highest BCUT2D eigenvalue weighted by molar-refractivity contribution is 6.30. The summed E-state index contributed by atoms with van der Waals surface area (Å²) in [5, 5.41) is 3.75. The van der Waals surface area contributed by atoms with Crippen molar-refractivity contribution in [3.8, 4) is 0 Å². The van der Waals surface area contributed by atoms with Crippen LogP contribution in [0.4, 0.5) is 10.2 Å².